The summed E-state index contributed by atoms with van der Waals surface area (Å²) in [6.45, 7) is 3.16. The Morgan fingerprint density at radius 2 is 1.85 bits per heavy atom. The average molecular weight is 275 g/mol. The third-order valence-electron chi connectivity index (χ3n) is 5.28. The molecule has 3 rings (SSSR count). The molecule has 1 aromatic carbocycles. The molecule has 0 atom stereocenters. The van der Waals surface area contributed by atoms with Gasteiger partial charge in [0.2, 0.25) is 0 Å². The van der Waals surface area contributed by atoms with E-state index in [1.165, 1.54) is 38.5 Å². The van der Waals surface area contributed by atoms with Gasteiger partial charge in [0.15, 0.2) is 11.5 Å². The molecule has 3 heteroatoms. The van der Waals surface area contributed by atoms with Gasteiger partial charge >= 0.3 is 0 Å². The zero-order valence-corrected chi connectivity index (χ0v) is 12.4. The summed E-state index contributed by atoms with van der Waals surface area (Å²) < 4.78 is 5.18. The first-order valence-electron chi connectivity index (χ1n) is 7.80. The molecule has 1 aliphatic carbocycles. The van der Waals surface area contributed by atoms with Crippen molar-refractivity contribution in [3.05, 3.63) is 23.8 Å². The van der Waals surface area contributed by atoms with Gasteiger partial charge in [0.1, 0.15) is 0 Å². The summed E-state index contributed by atoms with van der Waals surface area (Å²) in [6.07, 6.45) is 8.39. The first-order valence-corrected chi connectivity index (χ1v) is 7.80. The van der Waals surface area contributed by atoms with Crippen LogP contribution < -0.4 is 4.74 Å². The number of hydrogen-bond acceptors (Lipinski definition) is 3. The van der Waals surface area contributed by atoms with Gasteiger partial charge in [0.25, 0.3) is 0 Å². The standard InChI is InChI=1S/C17H25NO2/c1-20-15-6-4-5-14(16(15)19)13-18-11-9-17(10-12-18)7-2-3-8-17/h4-6,19H,2-3,7-13H2,1H3. The lowest BCUT2D eigenvalue weighted by atomic mass is 9.77. The van der Waals surface area contributed by atoms with E-state index in [-0.39, 0.29) is 0 Å². The highest BCUT2D eigenvalue weighted by Gasteiger charge is 2.36. The molecule has 1 N–H and O–H groups in total. The molecule has 2 fully saturated rings. The van der Waals surface area contributed by atoms with Crippen LogP contribution in [0.1, 0.15) is 44.1 Å². The van der Waals surface area contributed by atoms with Crippen LogP contribution in [0.2, 0.25) is 0 Å². The summed E-state index contributed by atoms with van der Waals surface area (Å²) >= 11 is 0. The molecular weight excluding hydrogens is 250 g/mol. The van der Waals surface area contributed by atoms with Crippen LogP contribution in [0.5, 0.6) is 11.5 Å². The fourth-order valence-corrected chi connectivity index (χ4v) is 3.91. The molecule has 0 bridgehead atoms. The van der Waals surface area contributed by atoms with Crippen molar-refractivity contribution in [3.63, 3.8) is 0 Å². The van der Waals surface area contributed by atoms with Crippen LogP contribution >= 0.6 is 0 Å². The van der Waals surface area contributed by atoms with Crippen LogP contribution in [0.15, 0.2) is 18.2 Å². The smallest absolute Gasteiger partial charge is 0.162 e. The molecule has 0 radical (unpaired) electrons. The molecule has 0 aromatic heterocycles. The van der Waals surface area contributed by atoms with Gasteiger partial charge < -0.3 is 9.84 Å². The number of phenolic OH excluding ortho intramolecular Hbond substituents is 1. The largest absolute Gasteiger partial charge is 0.504 e. The highest BCUT2D eigenvalue weighted by atomic mass is 16.5. The van der Waals surface area contributed by atoms with Crippen LogP contribution in [0.4, 0.5) is 0 Å². The number of rotatable bonds is 3. The van der Waals surface area contributed by atoms with E-state index >= 15 is 0 Å². The van der Waals surface area contributed by atoms with Crippen LogP contribution in [-0.2, 0) is 6.54 Å². The zero-order chi connectivity index (χ0) is 14.0. The molecule has 3 nitrogen and oxygen atoms in total. The van der Waals surface area contributed by atoms with Crippen LogP contribution in [0.25, 0.3) is 0 Å². The van der Waals surface area contributed by atoms with E-state index in [1.54, 1.807) is 7.11 Å². The van der Waals surface area contributed by atoms with Crippen LogP contribution in [0, 0.1) is 5.41 Å². The van der Waals surface area contributed by atoms with Gasteiger partial charge in [-0.05, 0) is 50.3 Å². The summed E-state index contributed by atoms with van der Waals surface area (Å²) in [6, 6.07) is 5.76. The molecule has 2 aliphatic rings. The second-order valence-electron chi connectivity index (χ2n) is 6.45. The number of methoxy groups -OCH3 is 1. The first-order chi connectivity index (χ1) is 9.72. The van der Waals surface area contributed by atoms with Crippen LogP contribution in [0.3, 0.4) is 0 Å². The fraction of sp³-hybridized carbons (Fsp3) is 0.647. The molecule has 110 valence electrons. The van der Waals surface area contributed by atoms with Crippen molar-refractivity contribution in [2.24, 2.45) is 5.41 Å². The Balaban J connectivity index is 1.62. The summed E-state index contributed by atoms with van der Waals surface area (Å²) in [4.78, 5) is 2.47. The molecule has 0 unspecified atom stereocenters. The van der Waals surface area contributed by atoms with E-state index in [0.29, 0.717) is 16.9 Å². The number of aromatic hydroxyl groups is 1. The van der Waals surface area contributed by atoms with Gasteiger partial charge in [-0.1, -0.05) is 25.0 Å². The van der Waals surface area contributed by atoms with Crippen molar-refractivity contribution >= 4 is 0 Å². The molecule has 1 heterocycles. The SMILES string of the molecule is COc1cccc(CN2CCC3(CCCC3)CC2)c1O. The normalized spacial score (nSPS) is 22.2. The predicted molar refractivity (Wildman–Crippen MR) is 80.1 cm³/mol. The van der Waals surface area contributed by atoms with Crippen molar-refractivity contribution < 1.29 is 9.84 Å². The van der Waals surface area contributed by atoms with Crippen molar-refractivity contribution in [1.29, 1.82) is 0 Å². The van der Waals surface area contributed by atoms with E-state index in [9.17, 15) is 5.11 Å². The van der Waals surface area contributed by atoms with E-state index in [4.69, 9.17) is 4.74 Å². The molecule has 1 aromatic rings. The number of hydrogen-bond donors (Lipinski definition) is 1. The molecular formula is C17H25NO2. The van der Waals surface area contributed by atoms with E-state index in [1.807, 2.05) is 18.2 Å². The van der Waals surface area contributed by atoms with Gasteiger partial charge in [0.05, 0.1) is 7.11 Å². The molecule has 1 saturated heterocycles. The monoisotopic (exact) mass is 275 g/mol. The third kappa shape index (κ3) is 2.64. The Morgan fingerprint density at radius 3 is 2.50 bits per heavy atom. The van der Waals surface area contributed by atoms with Crippen molar-refractivity contribution in [2.45, 2.75) is 45.1 Å². The van der Waals surface area contributed by atoms with Gasteiger partial charge in [-0.25, -0.2) is 0 Å². The number of benzene rings is 1. The number of para-hydroxylation sites is 1. The van der Waals surface area contributed by atoms with Crippen molar-refractivity contribution in [3.8, 4) is 11.5 Å². The fourth-order valence-electron chi connectivity index (χ4n) is 3.91. The maximum atomic E-state index is 10.2. The third-order valence-corrected chi connectivity index (χ3v) is 5.28. The lowest BCUT2D eigenvalue weighted by molar-refractivity contribution is 0.103. The van der Waals surface area contributed by atoms with Gasteiger partial charge in [-0.15, -0.1) is 0 Å². The minimum absolute atomic E-state index is 0.302. The number of nitrogens with zero attached hydrogens (tertiary/aromatic N) is 1. The quantitative estimate of drug-likeness (QED) is 0.915. The molecule has 1 aliphatic heterocycles. The average Bonchev–Trinajstić information content (AvgIpc) is 2.92. The zero-order valence-electron chi connectivity index (χ0n) is 12.4. The summed E-state index contributed by atoms with van der Waals surface area (Å²) in [5.41, 5.74) is 1.64. The highest BCUT2D eigenvalue weighted by molar-refractivity contribution is 5.45. The molecule has 0 amide bonds. The Bertz CT molecular complexity index is 456. The summed E-state index contributed by atoms with van der Waals surface area (Å²) in [5, 5.41) is 10.2. The number of piperidine rings is 1. The topological polar surface area (TPSA) is 32.7 Å². The lowest BCUT2D eigenvalue weighted by Crippen LogP contribution is -2.38. The Hall–Kier alpha value is -1.22. The summed E-state index contributed by atoms with van der Waals surface area (Å²) in [5.74, 6) is 0.878. The van der Waals surface area contributed by atoms with E-state index < -0.39 is 0 Å². The van der Waals surface area contributed by atoms with Crippen molar-refractivity contribution in [2.75, 3.05) is 20.2 Å². The number of phenols is 1. The molecule has 1 saturated carbocycles. The van der Waals surface area contributed by atoms with Gasteiger partial charge in [0, 0.05) is 12.1 Å². The summed E-state index contributed by atoms with van der Waals surface area (Å²) in [7, 11) is 1.60. The maximum absolute atomic E-state index is 10.2. The highest BCUT2D eigenvalue weighted by Crippen LogP contribution is 2.46. The van der Waals surface area contributed by atoms with E-state index in [2.05, 4.69) is 4.90 Å². The maximum Gasteiger partial charge on any atom is 0.162 e. The minimum Gasteiger partial charge on any atom is -0.504 e. The van der Waals surface area contributed by atoms with Gasteiger partial charge in [-0.3, -0.25) is 4.90 Å². The van der Waals surface area contributed by atoms with Crippen LogP contribution in [-0.4, -0.2) is 30.2 Å². The van der Waals surface area contributed by atoms with Gasteiger partial charge in [-0.2, -0.15) is 0 Å². The Labute approximate surface area is 121 Å². The number of ether oxygens (including phenoxy) is 1. The number of likely N-dealkylation sites (tertiary alicyclic amines) is 1. The minimum atomic E-state index is 0.302. The molecule has 1 spiro atoms. The Morgan fingerprint density at radius 1 is 1.15 bits per heavy atom. The predicted octanol–water partition coefficient (Wildman–Crippen LogP) is 3.56. The van der Waals surface area contributed by atoms with Crippen molar-refractivity contribution in [1.82, 2.24) is 4.90 Å². The second kappa shape index (κ2) is 5.65. The lowest BCUT2D eigenvalue weighted by Gasteiger charge is -2.39. The second-order valence-corrected chi connectivity index (χ2v) is 6.45. The Kier molecular flexibility index (Phi) is 3.88. The molecule has 20 heavy (non-hydrogen) atoms. The first kappa shape index (κ1) is 13.7. The van der Waals surface area contributed by atoms with E-state index in [0.717, 1.165) is 25.2 Å².